The molecular weight excluding hydrogens is 355 g/mol. The van der Waals surface area contributed by atoms with Crippen LogP contribution in [0.15, 0.2) is 29.4 Å². The SMILES string of the molecule is CC(C)(C)c1nnc(SCC(=O)Nc2ccc(C(F)(F)F)cc2)n1N. The van der Waals surface area contributed by atoms with Crippen LogP contribution in [0.25, 0.3) is 0 Å². The van der Waals surface area contributed by atoms with Crippen molar-refractivity contribution in [3.8, 4) is 0 Å². The summed E-state index contributed by atoms with van der Waals surface area (Å²) in [5.74, 6) is 6.12. The van der Waals surface area contributed by atoms with Crippen molar-refractivity contribution >= 4 is 23.4 Å². The van der Waals surface area contributed by atoms with Crippen LogP contribution in [0.4, 0.5) is 18.9 Å². The Hall–Kier alpha value is -2.23. The normalized spacial score (nSPS) is 12.2. The molecule has 0 aliphatic rings. The number of hydrogen-bond acceptors (Lipinski definition) is 5. The summed E-state index contributed by atoms with van der Waals surface area (Å²) in [6, 6.07) is 4.23. The number of rotatable bonds is 4. The molecule has 0 atom stereocenters. The number of alkyl halides is 3. The average molecular weight is 373 g/mol. The van der Waals surface area contributed by atoms with Gasteiger partial charge in [-0.2, -0.15) is 13.2 Å². The van der Waals surface area contributed by atoms with Gasteiger partial charge >= 0.3 is 6.18 Å². The second-order valence-electron chi connectivity index (χ2n) is 6.34. The maximum atomic E-state index is 12.5. The van der Waals surface area contributed by atoms with Gasteiger partial charge in [0.25, 0.3) is 0 Å². The minimum absolute atomic E-state index is 0.000494. The number of amides is 1. The molecule has 25 heavy (non-hydrogen) atoms. The van der Waals surface area contributed by atoms with Crippen LogP contribution < -0.4 is 11.2 Å². The Balaban J connectivity index is 1.94. The highest BCUT2D eigenvalue weighted by Gasteiger charge is 2.30. The van der Waals surface area contributed by atoms with Crippen molar-refractivity contribution in [2.45, 2.75) is 37.5 Å². The third-order valence-corrected chi connectivity index (χ3v) is 4.11. The van der Waals surface area contributed by atoms with Gasteiger partial charge in [-0.15, -0.1) is 10.2 Å². The molecule has 0 spiro atoms. The van der Waals surface area contributed by atoms with E-state index in [4.69, 9.17) is 5.84 Å². The van der Waals surface area contributed by atoms with Crippen molar-refractivity contribution in [2.24, 2.45) is 0 Å². The molecule has 10 heteroatoms. The number of nitrogens with zero attached hydrogens (tertiary/aromatic N) is 3. The van der Waals surface area contributed by atoms with Crippen LogP contribution in [0.3, 0.4) is 0 Å². The zero-order valence-corrected chi connectivity index (χ0v) is 14.7. The highest BCUT2D eigenvalue weighted by Crippen LogP contribution is 2.30. The largest absolute Gasteiger partial charge is 0.416 e. The Kier molecular flexibility index (Phi) is 5.31. The topological polar surface area (TPSA) is 85.8 Å². The van der Waals surface area contributed by atoms with Crippen molar-refractivity contribution in [1.82, 2.24) is 14.9 Å². The van der Waals surface area contributed by atoms with Crippen LogP contribution in [0.2, 0.25) is 0 Å². The zero-order chi connectivity index (χ0) is 18.8. The first-order valence-electron chi connectivity index (χ1n) is 7.29. The van der Waals surface area contributed by atoms with Crippen LogP contribution in [0.5, 0.6) is 0 Å². The molecule has 6 nitrogen and oxygen atoms in total. The summed E-state index contributed by atoms with van der Waals surface area (Å²) in [6.07, 6.45) is -4.41. The molecule has 0 bridgehead atoms. The van der Waals surface area contributed by atoms with E-state index in [1.165, 1.54) is 16.8 Å². The summed E-state index contributed by atoms with van der Waals surface area (Å²) in [5, 5.41) is 10.9. The first kappa shape index (κ1) is 19.1. The molecular formula is C15H18F3N5OS. The lowest BCUT2D eigenvalue weighted by atomic mass is 9.96. The predicted octanol–water partition coefficient (Wildman–Crippen LogP) is 3.04. The molecule has 0 saturated carbocycles. The molecule has 0 aliphatic carbocycles. The van der Waals surface area contributed by atoms with E-state index in [0.29, 0.717) is 11.0 Å². The van der Waals surface area contributed by atoms with Gasteiger partial charge in [0.15, 0.2) is 5.82 Å². The first-order valence-corrected chi connectivity index (χ1v) is 8.28. The average Bonchev–Trinajstić information content (AvgIpc) is 2.86. The van der Waals surface area contributed by atoms with E-state index in [1.807, 2.05) is 20.8 Å². The van der Waals surface area contributed by atoms with Gasteiger partial charge in [-0.3, -0.25) is 4.79 Å². The summed E-state index contributed by atoms with van der Waals surface area (Å²) >= 11 is 1.09. The molecule has 2 rings (SSSR count). The number of halogens is 3. The third kappa shape index (κ3) is 4.88. The molecule has 0 radical (unpaired) electrons. The maximum Gasteiger partial charge on any atom is 0.416 e. The number of aromatic nitrogens is 3. The summed E-state index contributed by atoms with van der Waals surface area (Å²) in [7, 11) is 0. The summed E-state index contributed by atoms with van der Waals surface area (Å²) in [4.78, 5) is 11.9. The Bertz CT molecular complexity index is 750. The third-order valence-electron chi connectivity index (χ3n) is 3.16. The Labute approximate surface area is 147 Å². The van der Waals surface area contributed by atoms with Gasteiger partial charge in [0.2, 0.25) is 11.1 Å². The number of benzene rings is 1. The van der Waals surface area contributed by atoms with Crippen LogP contribution in [0, 0.1) is 0 Å². The summed E-state index contributed by atoms with van der Waals surface area (Å²) in [6.45, 7) is 5.81. The Morgan fingerprint density at radius 1 is 1.20 bits per heavy atom. The van der Waals surface area contributed by atoms with Gasteiger partial charge in [0.05, 0.1) is 11.3 Å². The van der Waals surface area contributed by atoms with E-state index in [9.17, 15) is 18.0 Å². The van der Waals surface area contributed by atoms with Gasteiger partial charge in [-0.25, -0.2) is 4.68 Å². The van der Waals surface area contributed by atoms with Crippen molar-refractivity contribution in [2.75, 3.05) is 16.9 Å². The van der Waals surface area contributed by atoms with E-state index in [-0.39, 0.29) is 22.8 Å². The minimum Gasteiger partial charge on any atom is -0.336 e. The molecule has 3 N–H and O–H groups in total. The monoisotopic (exact) mass is 373 g/mol. The first-order chi connectivity index (χ1) is 11.5. The minimum atomic E-state index is -4.41. The van der Waals surface area contributed by atoms with Gasteiger partial charge < -0.3 is 11.2 Å². The molecule has 0 saturated heterocycles. The lowest BCUT2D eigenvalue weighted by Crippen LogP contribution is -2.24. The number of nitrogen functional groups attached to an aromatic ring is 1. The molecule has 0 aliphatic heterocycles. The fraction of sp³-hybridized carbons (Fsp3) is 0.400. The van der Waals surface area contributed by atoms with E-state index in [0.717, 1.165) is 23.9 Å². The number of carbonyl (C=O) groups is 1. The van der Waals surface area contributed by atoms with Crippen molar-refractivity contribution in [3.63, 3.8) is 0 Å². The highest BCUT2D eigenvalue weighted by atomic mass is 32.2. The number of thioether (sulfide) groups is 1. The molecule has 2 aromatic rings. The molecule has 1 aromatic carbocycles. The van der Waals surface area contributed by atoms with Crippen molar-refractivity contribution < 1.29 is 18.0 Å². The smallest absolute Gasteiger partial charge is 0.336 e. The lowest BCUT2D eigenvalue weighted by Gasteiger charge is -2.16. The van der Waals surface area contributed by atoms with E-state index >= 15 is 0 Å². The second kappa shape index (κ2) is 6.95. The zero-order valence-electron chi connectivity index (χ0n) is 13.9. The standard InChI is InChI=1S/C15H18F3N5OS/c1-14(2,3)12-21-22-13(23(12)19)25-8-11(24)20-10-6-4-9(5-7-10)15(16,17)18/h4-7H,8,19H2,1-3H3,(H,20,24). The molecule has 0 unspecified atom stereocenters. The van der Waals surface area contributed by atoms with Crippen molar-refractivity contribution in [1.29, 1.82) is 0 Å². The fourth-order valence-electron chi connectivity index (χ4n) is 1.96. The van der Waals surface area contributed by atoms with E-state index < -0.39 is 11.7 Å². The molecule has 0 fully saturated rings. The van der Waals surface area contributed by atoms with Crippen LogP contribution >= 0.6 is 11.8 Å². The maximum absolute atomic E-state index is 12.5. The predicted molar refractivity (Wildman–Crippen MR) is 89.7 cm³/mol. The van der Waals surface area contributed by atoms with Crippen LogP contribution in [-0.2, 0) is 16.4 Å². The summed E-state index contributed by atoms with van der Waals surface area (Å²) < 4.78 is 38.8. The number of hydrogen-bond donors (Lipinski definition) is 2. The van der Waals surface area contributed by atoms with E-state index in [2.05, 4.69) is 15.5 Å². The number of anilines is 1. The molecule has 1 heterocycles. The van der Waals surface area contributed by atoms with Crippen molar-refractivity contribution in [3.05, 3.63) is 35.7 Å². The molecule has 136 valence electrons. The highest BCUT2D eigenvalue weighted by molar-refractivity contribution is 7.99. The van der Waals surface area contributed by atoms with E-state index in [1.54, 1.807) is 0 Å². The van der Waals surface area contributed by atoms with Crippen LogP contribution in [0.1, 0.15) is 32.2 Å². The fourth-order valence-corrected chi connectivity index (χ4v) is 2.61. The summed E-state index contributed by atoms with van der Waals surface area (Å²) in [5.41, 5.74) is -0.780. The number of carbonyl (C=O) groups excluding carboxylic acids is 1. The van der Waals surface area contributed by atoms with Gasteiger partial charge in [-0.05, 0) is 24.3 Å². The lowest BCUT2D eigenvalue weighted by molar-refractivity contribution is -0.137. The number of nitrogens with two attached hydrogens (primary N) is 1. The van der Waals surface area contributed by atoms with Gasteiger partial charge in [0, 0.05) is 11.1 Å². The Morgan fingerprint density at radius 2 is 1.80 bits per heavy atom. The molecule has 1 aromatic heterocycles. The van der Waals surface area contributed by atoms with Crippen LogP contribution in [-0.4, -0.2) is 26.5 Å². The van der Waals surface area contributed by atoms with Gasteiger partial charge in [0.1, 0.15) is 0 Å². The second-order valence-corrected chi connectivity index (χ2v) is 7.28. The Morgan fingerprint density at radius 3 is 2.28 bits per heavy atom. The molecule has 1 amide bonds. The number of nitrogens with one attached hydrogen (secondary N) is 1. The quantitative estimate of drug-likeness (QED) is 0.636. The van der Waals surface area contributed by atoms with Gasteiger partial charge in [-0.1, -0.05) is 32.5 Å².